The molecule has 0 spiro atoms. The Balaban J connectivity index is 1.43. The molecule has 48 heavy (non-hydrogen) atoms. The number of pyridine rings is 1. The van der Waals surface area contributed by atoms with Crippen LogP contribution >= 0.6 is 0 Å². The first-order valence-corrected chi connectivity index (χ1v) is 16.5. The fourth-order valence-corrected chi connectivity index (χ4v) is 7.14. The topological polar surface area (TPSA) is 137 Å². The van der Waals surface area contributed by atoms with Crippen LogP contribution in [0, 0.1) is 29.5 Å². The molecule has 11 heteroatoms. The van der Waals surface area contributed by atoms with E-state index >= 15 is 4.39 Å². The number of methoxy groups -OCH3 is 2. The molecule has 1 aromatic carbocycles. The average Bonchev–Trinajstić information content (AvgIpc) is 3.43. The molecule has 0 saturated carbocycles. The molecule has 2 N–H and O–H groups in total. The third kappa shape index (κ3) is 6.73. The molecule has 1 saturated heterocycles. The monoisotopic (exact) mass is 661 g/mol. The molecule has 2 aliphatic rings. The maximum Gasteiger partial charge on any atom is 0.308 e. The number of fused-ring (bicyclic) bond motifs is 2. The Bertz CT molecular complexity index is 1750. The van der Waals surface area contributed by atoms with Crippen LogP contribution in [0.4, 0.5) is 10.2 Å². The van der Waals surface area contributed by atoms with E-state index in [1.807, 2.05) is 26.8 Å². The van der Waals surface area contributed by atoms with Gasteiger partial charge in [0.05, 0.1) is 25.7 Å². The fraction of sp³-hybridized carbons (Fsp3) is 0.486. The van der Waals surface area contributed by atoms with Crippen LogP contribution in [0.1, 0.15) is 86.5 Å². The van der Waals surface area contributed by atoms with Crippen LogP contribution in [0.25, 0.3) is 17.2 Å². The molecule has 3 heterocycles. The first-order chi connectivity index (χ1) is 22.9. The number of anilines is 1. The van der Waals surface area contributed by atoms with Crippen molar-refractivity contribution >= 4 is 46.6 Å². The number of hydrogen-bond donors (Lipinski definition) is 2. The molecule has 256 valence electrons. The molecule has 1 aliphatic heterocycles. The van der Waals surface area contributed by atoms with Crippen molar-refractivity contribution < 1.29 is 37.5 Å². The van der Waals surface area contributed by atoms with Gasteiger partial charge in [-0.05, 0) is 67.6 Å². The summed E-state index contributed by atoms with van der Waals surface area (Å²) in [4.78, 5) is 56.4. The Morgan fingerprint density at radius 2 is 1.98 bits per heavy atom. The summed E-state index contributed by atoms with van der Waals surface area (Å²) < 4.78 is 31.4. The number of imide groups is 1. The van der Waals surface area contributed by atoms with Crippen LogP contribution in [-0.2, 0) is 31.0 Å². The van der Waals surface area contributed by atoms with E-state index in [4.69, 9.17) is 18.9 Å². The van der Waals surface area contributed by atoms with Gasteiger partial charge in [-0.2, -0.15) is 0 Å². The van der Waals surface area contributed by atoms with Crippen molar-refractivity contribution in [1.29, 1.82) is 0 Å². The average molecular weight is 662 g/mol. The second-order valence-electron chi connectivity index (χ2n) is 13.3. The summed E-state index contributed by atoms with van der Waals surface area (Å²) in [6.45, 7) is 10.3. The van der Waals surface area contributed by atoms with Crippen LogP contribution in [0.3, 0.4) is 0 Å². The Hall–Kier alpha value is -4.54. The first-order valence-electron chi connectivity index (χ1n) is 16.5. The van der Waals surface area contributed by atoms with Crippen LogP contribution in [0.5, 0.6) is 5.75 Å². The molecule has 2 amide bonds. The number of amides is 2. The lowest BCUT2D eigenvalue weighted by Crippen LogP contribution is -2.46. The number of nitrogens with zero attached hydrogens (tertiary/aromatic N) is 1. The van der Waals surface area contributed by atoms with E-state index in [0.717, 1.165) is 0 Å². The lowest BCUT2D eigenvalue weighted by molar-refractivity contribution is -0.146. The Morgan fingerprint density at radius 3 is 2.69 bits per heavy atom. The van der Waals surface area contributed by atoms with Crippen molar-refractivity contribution in [2.45, 2.75) is 71.1 Å². The summed E-state index contributed by atoms with van der Waals surface area (Å²) in [6, 6.07) is 6.85. The van der Waals surface area contributed by atoms with Gasteiger partial charge in [0, 0.05) is 31.0 Å². The number of ketones is 1. The molecule has 1 aliphatic carbocycles. The highest BCUT2D eigenvalue weighted by Crippen LogP contribution is 2.45. The van der Waals surface area contributed by atoms with Crippen LogP contribution in [-0.4, -0.2) is 49.3 Å². The van der Waals surface area contributed by atoms with Crippen LogP contribution in [0.2, 0.25) is 0 Å². The van der Waals surface area contributed by atoms with Crippen molar-refractivity contribution in [3.05, 3.63) is 59.1 Å². The zero-order chi connectivity index (χ0) is 34.7. The second kappa shape index (κ2) is 14.3. The Labute approximate surface area is 279 Å². The summed E-state index contributed by atoms with van der Waals surface area (Å²) in [6.07, 6.45) is 4.33. The molecule has 2 aromatic heterocycles. The molecule has 5 unspecified atom stereocenters. The molecular formula is C37H44FN3O7. The number of Topliss-reactive ketones (excluding diaryl/α,β-unsaturated/α-hetero) is 1. The van der Waals surface area contributed by atoms with Gasteiger partial charge in [-0.1, -0.05) is 39.5 Å². The Kier molecular flexibility index (Phi) is 10.4. The number of carbonyl (C=O) groups excluding carboxylic acids is 4. The lowest BCUT2D eigenvalue weighted by atomic mass is 9.67. The molecule has 1 fully saturated rings. The van der Waals surface area contributed by atoms with Gasteiger partial charge in [-0.15, -0.1) is 0 Å². The highest BCUT2D eigenvalue weighted by Gasteiger charge is 2.48. The predicted octanol–water partition coefficient (Wildman–Crippen LogP) is 6.40. The summed E-state index contributed by atoms with van der Waals surface area (Å²) >= 11 is 0. The van der Waals surface area contributed by atoms with Crippen molar-refractivity contribution in [2.75, 3.05) is 26.1 Å². The maximum absolute atomic E-state index is 15.0. The van der Waals surface area contributed by atoms with Gasteiger partial charge in [0.15, 0.2) is 22.9 Å². The second-order valence-corrected chi connectivity index (χ2v) is 13.3. The quantitative estimate of drug-likeness (QED) is 0.167. The van der Waals surface area contributed by atoms with E-state index in [1.165, 1.54) is 20.3 Å². The number of esters is 1. The fourth-order valence-electron chi connectivity index (χ4n) is 7.14. The van der Waals surface area contributed by atoms with Crippen molar-refractivity contribution in [1.82, 2.24) is 10.3 Å². The highest BCUT2D eigenvalue weighted by molar-refractivity contribution is 6.02. The molecule has 0 bridgehead atoms. The van der Waals surface area contributed by atoms with E-state index in [-0.39, 0.29) is 65.5 Å². The maximum atomic E-state index is 15.0. The minimum absolute atomic E-state index is 0.0338. The zero-order valence-electron chi connectivity index (χ0n) is 28.2. The largest absolute Gasteiger partial charge is 0.494 e. The predicted molar refractivity (Wildman–Crippen MR) is 179 cm³/mol. The normalized spacial score (nSPS) is 21.5. The lowest BCUT2D eigenvalue weighted by Gasteiger charge is -2.36. The smallest absolute Gasteiger partial charge is 0.308 e. The Morgan fingerprint density at radius 1 is 1.21 bits per heavy atom. The number of nitrogens with one attached hydrogen (secondary N) is 2. The van der Waals surface area contributed by atoms with E-state index in [1.54, 1.807) is 18.2 Å². The number of benzene rings is 1. The SMILES string of the molecule is C=Cc1cc2oc(C3(CC(C)C4CC(=O)c5c(ccc(OC)c5F)C4)CCCC(=O)NC3=O)cc2nc1NCCC(C)C(C)C(=O)OC. The number of aromatic nitrogens is 1. The van der Waals surface area contributed by atoms with E-state index in [0.29, 0.717) is 72.5 Å². The van der Waals surface area contributed by atoms with Crippen molar-refractivity contribution in [3.63, 3.8) is 0 Å². The number of hydrogen-bond acceptors (Lipinski definition) is 9. The van der Waals surface area contributed by atoms with Crippen LogP contribution < -0.4 is 15.4 Å². The summed E-state index contributed by atoms with van der Waals surface area (Å²) in [5, 5.41) is 5.93. The van der Waals surface area contributed by atoms with Gasteiger partial charge < -0.3 is 19.2 Å². The van der Waals surface area contributed by atoms with Gasteiger partial charge in [0.25, 0.3) is 0 Å². The molecule has 10 nitrogen and oxygen atoms in total. The molecule has 5 atom stereocenters. The standard InChI is InChI=1S/C37H44FN3O7/c1-7-23-17-29-26(40-34(23)39-14-12-20(2)22(4)35(44)47-6)18-30(48-29)37(13-8-9-31(43)41-36(37)45)19-21(3)25-15-24-10-11-28(46-5)33(38)32(24)27(42)16-25/h7,10-11,17-18,20-22,25H,1,8-9,12-16,19H2,2-6H3,(H,39,40)(H,41,43,45). The van der Waals surface area contributed by atoms with Gasteiger partial charge >= 0.3 is 5.97 Å². The van der Waals surface area contributed by atoms with Gasteiger partial charge in [-0.25, -0.2) is 9.37 Å². The minimum Gasteiger partial charge on any atom is -0.494 e. The van der Waals surface area contributed by atoms with Gasteiger partial charge in [0.2, 0.25) is 11.8 Å². The summed E-state index contributed by atoms with van der Waals surface area (Å²) in [5.41, 5.74) is 1.22. The molecule has 5 rings (SSSR count). The van der Waals surface area contributed by atoms with E-state index in [2.05, 4.69) is 17.2 Å². The number of ether oxygens (including phenoxy) is 2. The number of rotatable bonds is 12. The van der Waals surface area contributed by atoms with Crippen LogP contribution in [0.15, 0.2) is 35.3 Å². The summed E-state index contributed by atoms with van der Waals surface area (Å²) in [7, 11) is 2.75. The zero-order valence-corrected chi connectivity index (χ0v) is 28.2. The summed E-state index contributed by atoms with van der Waals surface area (Å²) in [5.74, 6) is -1.43. The molecular weight excluding hydrogens is 617 g/mol. The highest BCUT2D eigenvalue weighted by atomic mass is 19.1. The van der Waals surface area contributed by atoms with E-state index < -0.39 is 17.1 Å². The third-order valence-electron chi connectivity index (χ3n) is 10.3. The van der Waals surface area contributed by atoms with Gasteiger partial charge in [0.1, 0.15) is 22.5 Å². The number of halogens is 1. The van der Waals surface area contributed by atoms with E-state index in [9.17, 15) is 19.2 Å². The van der Waals surface area contributed by atoms with Gasteiger partial charge in [-0.3, -0.25) is 24.5 Å². The minimum atomic E-state index is -1.19. The number of furan rings is 1. The van der Waals surface area contributed by atoms with Crippen molar-refractivity contribution in [2.24, 2.45) is 23.7 Å². The third-order valence-corrected chi connectivity index (χ3v) is 10.3. The number of carbonyl (C=O) groups is 4. The molecule has 0 radical (unpaired) electrons. The first kappa shape index (κ1) is 34.8. The molecule has 3 aromatic rings. The van der Waals surface area contributed by atoms with Crippen molar-refractivity contribution in [3.8, 4) is 5.75 Å².